The lowest BCUT2D eigenvalue weighted by Gasteiger charge is -2.31. The van der Waals surface area contributed by atoms with Crippen LogP contribution in [0.3, 0.4) is 0 Å². The zero-order valence-corrected chi connectivity index (χ0v) is 17.0. The van der Waals surface area contributed by atoms with Crippen LogP contribution in [0.5, 0.6) is 0 Å². The Morgan fingerprint density at radius 1 is 1.07 bits per heavy atom. The number of hydrogen-bond acceptors (Lipinski definition) is 3. The monoisotopic (exact) mass is 426 g/mol. The summed E-state index contributed by atoms with van der Waals surface area (Å²) >= 11 is 18.2. The van der Waals surface area contributed by atoms with Gasteiger partial charge in [-0.05, 0) is 36.2 Å². The first-order valence-electron chi connectivity index (χ1n) is 8.85. The van der Waals surface area contributed by atoms with E-state index in [0.29, 0.717) is 28.8 Å². The summed E-state index contributed by atoms with van der Waals surface area (Å²) in [4.78, 5) is 15.0. The number of nitrogens with one attached hydrogen (secondary N) is 1. The van der Waals surface area contributed by atoms with Crippen molar-refractivity contribution < 1.29 is 9.53 Å². The van der Waals surface area contributed by atoms with Crippen LogP contribution in [0.15, 0.2) is 42.5 Å². The second-order valence-corrected chi connectivity index (χ2v) is 7.60. The van der Waals surface area contributed by atoms with Gasteiger partial charge in [-0.2, -0.15) is 0 Å². The maximum Gasteiger partial charge on any atom is 0.252 e. The van der Waals surface area contributed by atoms with E-state index in [0.717, 1.165) is 31.7 Å². The zero-order valence-electron chi connectivity index (χ0n) is 14.8. The fourth-order valence-corrected chi connectivity index (χ4v) is 3.70. The molecule has 1 N–H and O–H groups in total. The molecule has 1 unspecified atom stereocenters. The molecule has 0 aromatic heterocycles. The van der Waals surface area contributed by atoms with Crippen molar-refractivity contribution in [3.05, 3.63) is 68.7 Å². The van der Waals surface area contributed by atoms with Crippen LogP contribution in [0.25, 0.3) is 0 Å². The Morgan fingerprint density at radius 2 is 1.85 bits per heavy atom. The normalized spacial score (nSPS) is 16.6. The Hall–Kier alpha value is -1.30. The van der Waals surface area contributed by atoms with Crippen LogP contribution < -0.4 is 5.32 Å². The molecule has 1 heterocycles. The van der Waals surface area contributed by atoms with Gasteiger partial charge in [-0.1, -0.05) is 53.0 Å². The minimum absolute atomic E-state index is 0.0193. The lowest BCUT2D eigenvalue weighted by molar-refractivity contribution is 0.0928. The number of nitrogens with zero attached hydrogens (tertiary/aromatic N) is 1. The van der Waals surface area contributed by atoms with Crippen molar-refractivity contribution in [2.75, 3.05) is 32.8 Å². The molecular formula is C20H21Cl3N2O2. The minimum Gasteiger partial charge on any atom is -0.380 e. The lowest BCUT2D eigenvalue weighted by atomic mass is 10.0. The molecule has 0 radical (unpaired) electrons. The van der Waals surface area contributed by atoms with E-state index in [-0.39, 0.29) is 17.0 Å². The first kappa shape index (κ1) is 20.4. The summed E-state index contributed by atoms with van der Waals surface area (Å²) in [5.41, 5.74) is 1.47. The van der Waals surface area contributed by atoms with E-state index in [4.69, 9.17) is 39.5 Å². The molecule has 0 aliphatic carbocycles. The van der Waals surface area contributed by atoms with Crippen LogP contribution in [-0.4, -0.2) is 43.7 Å². The van der Waals surface area contributed by atoms with Gasteiger partial charge >= 0.3 is 0 Å². The molecule has 2 aromatic rings. The third kappa shape index (κ3) is 5.37. The molecule has 1 aliphatic heterocycles. The van der Waals surface area contributed by atoms with Gasteiger partial charge in [-0.3, -0.25) is 9.69 Å². The van der Waals surface area contributed by atoms with Gasteiger partial charge in [0.2, 0.25) is 0 Å². The fourth-order valence-electron chi connectivity index (χ4n) is 3.18. The number of carbonyl (C=O) groups excluding carboxylic acids is 1. The number of ether oxygens (including phenoxy) is 1. The molecule has 144 valence electrons. The summed E-state index contributed by atoms with van der Waals surface area (Å²) in [6.07, 6.45) is 0.957. The topological polar surface area (TPSA) is 41.6 Å². The largest absolute Gasteiger partial charge is 0.380 e. The smallest absolute Gasteiger partial charge is 0.252 e. The molecule has 0 spiro atoms. The van der Waals surface area contributed by atoms with Crippen LogP contribution in [0, 0.1) is 0 Å². The molecule has 3 rings (SSSR count). The fraction of sp³-hybridized carbons (Fsp3) is 0.350. The first-order valence-corrected chi connectivity index (χ1v) is 9.99. The summed E-state index contributed by atoms with van der Waals surface area (Å²) < 4.78 is 5.57. The van der Waals surface area contributed by atoms with Crippen LogP contribution >= 0.6 is 34.8 Å². The van der Waals surface area contributed by atoms with Gasteiger partial charge in [0.15, 0.2) is 0 Å². The molecule has 27 heavy (non-hydrogen) atoms. The number of amides is 1. The second kappa shape index (κ2) is 9.76. The van der Waals surface area contributed by atoms with Gasteiger partial charge in [0.25, 0.3) is 5.91 Å². The quantitative estimate of drug-likeness (QED) is 0.742. The van der Waals surface area contributed by atoms with Crippen LogP contribution in [-0.2, 0) is 4.74 Å². The Morgan fingerprint density at radius 3 is 2.63 bits per heavy atom. The van der Waals surface area contributed by atoms with Crippen molar-refractivity contribution in [2.24, 2.45) is 0 Å². The highest BCUT2D eigenvalue weighted by atomic mass is 35.5. The molecule has 1 saturated heterocycles. The van der Waals surface area contributed by atoms with Gasteiger partial charge in [-0.25, -0.2) is 0 Å². The maximum absolute atomic E-state index is 12.6. The number of benzene rings is 2. The molecule has 0 bridgehead atoms. The van der Waals surface area contributed by atoms with Crippen LogP contribution in [0.4, 0.5) is 0 Å². The van der Waals surface area contributed by atoms with Gasteiger partial charge in [0, 0.05) is 31.3 Å². The number of rotatable bonds is 5. The molecule has 7 heteroatoms. The van der Waals surface area contributed by atoms with E-state index in [9.17, 15) is 4.79 Å². The van der Waals surface area contributed by atoms with Crippen LogP contribution in [0.2, 0.25) is 15.1 Å². The summed E-state index contributed by atoms with van der Waals surface area (Å²) in [6, 6.07) is 12.8. The molecule has 4 nitrogen and oxygen atoms in total. The highest BCUT2D eigenvalue weighted by Gasteiger charge is 2.23. The third-order valence-electron chi connectivity index (χ3n) is 4.60. The molecule has 1 fully saturated rings. The Balaban J connectivity index is 1.77. The van der Waals surface area contributed by atoms with E-state index < -0.39 is 0 Å². The van der Waals surface area contributed by atoms with Crippen molar-refractivity contribution in [2.45, 2.75) is 12.5 Å². The average Bonchev–Trinajstić information content (AvgIpc) is 2.95. The van der Waals surface area contributed by atoms with E-state index in [1.807, 2.05) is 24.3 Å². The molecule has 1 amide bonds. The van der Waals surface area contributed by atoms with Gasteiger partial charge in [0.05, 0.1) is 28.3 Å². The predicted molar refractivity (Wildman–Crippen MR) is 110 cm³/mol. The second-order valence-electron chi connectivity index (χ2n) is 6.38. The van der Waals surface area contributed by atoms with Crippen molar-refractivity contribution in [3.8, 4) is 0 Å². The van der Waals surface area contributed by atoms with E-state index >= 15 is 0 Å². The Kier molecular flexibility index (Phi) is 7.39. The number of halogens is 3. The highest BCUT2D eigenvalue weighted by Crippen LogP contribution is 2.26. The molecule has 1 aliphatic rings. The van der Waals surface area contributed by atoms with Gasteiger partial charge in [-0.15, -0.1) is 0 Å². The van der Waals surface area contributed by atoms with Gasteiger partial charge < -0.3 is 10.1 Å². The first-order chi connectivity index (χ1) is 13.1. The number of carbonyl (C=O) groups is 1. The van der Waals surface area contributed by atoms with Crippen LogP contribution in [0.1, 0.15) is 28.4 Å². The summed E-state index contributed by atoms with van der Waals surface area (Å²) in [5.74, 6) is -0.243. The Bertz CT molecular complexity index is 775. The summed E-state index contributed by atoms with van der Waals surface area (Å²) in [5, 5.41) is 4.32. The van der Waals surface area contributed by atoms with Crippen molar-refractivity contribution in [1.29, 1.82) is 0 Å². The van der Waals surface area contributed by atoms with Gasteiger partial charge in [0.1, 0.15) is 0 Å². The molecule has 1 atom stereocenters. The van der Waals surface area contributed by atoms with E-state index in [1.165, 1.54) is 0 Å². The SMILES string of the molecule is O=C(NCC(c1ccc(Cl)cc1)N1CCCOCC1)c1cccc(Cl)c1Cl. The molecular weight excluding hydrogens is 407 g/mol. The summed E-state index contributed by atoms with van der Waals surface area (Å²) in [6.45, 7) is 3.60. The number of hydrogen-bond donors (Lipinski definition) is 1. The molecule has 2 aromatic carbocycles. The average molecular weight is 428 g/mol. The van der Waals surface area contributed by atoms with E-state index in [1.54, 1.807) is 18.2 Å². The van der Waals surface area contributed by atoms with E-state index in [2.05, 4.69) is 10.2 Å². The zero-order chi connectivity index (χ0) is 19.2. The lowest BCUT2D eigenvalue weighted by Crippen LogP contribution is -2.39. The van der Waals surface area contributed by atoms with Crippen molar-refractivity contribution in [1.82, 2.24) is 10.2 Å². The molecule has 0 saturated carbocycles. The predicted octanol–water partition coefficient (Wildman–Crippen LogP) is 4.84. The minimum atomic E-state index is -0.243. The highest BCUT2D eigenvalue weighted by molar-refractivity contribution is 6.43. The standard InChI is InChI=1S/C20H21Cl3N2O2/c21-15-7-5-14(6-8-15)18(25-9-2-11-27-12-10-25)13-24-20(26)16-3-1-4-17(22)19(16)23/h1,3-8,18H,2,9-13H2,(H,24,26). The van der Waals surface area contributed by atoms with Crippen molar-refractivity contribution >= 4 is 40.7 Å². The maximum atomic E-state index is 12.6. The Labute approximate surface area is 174 Å². The van der Waals surface area contributed by atoms with Crippen molar-refractivity contribution in [3.63, 3.8) is 0 Å². The summed E-state index contributed by atoms with van der Waals surface area (Å²) in [7, 11) is 0. The third-order valence-corrected chi connectivity index (χ3v) is 5.68.